The van der Waals surface area contributed by atoms with Crippen LogP contribution in [0, 0.1) is 6.92 Å². The summed E-state index contributed by atoms with van der Waals surface area (Å²) in [6.07, 6.45) is 3.39. The molecular formula is C12H13NO. The van der Waals surface area contributed by atoms with Crippen LogP contribution in [-0.4, -0.2) is 5.78 Å². The van der Waals surface area contributed by atoms with Gasteiger partial charge in [0.2, 0.25) is 0 Å². The fourth-order valence-corrected chi connectivity index (χ4v) is 1.76. The highest BCUT2D eigenvalue weighted by Gasteiger charge is 2.32. The minimum atomic E-state index is -0.863. The summed E-state index contributed by atoms with van der Waals surface area (Å²) < 4.78 is 0. The van der Waals surface area contributed by atoms with Crippen molar-refractivity contribution in [2.45, 2.75) is 19.4 Å². The summed E-state index contributed by atoms with van der Waals surface area (Å²) in [5, 5.41) is 0. The number of ketones is 1. The molecular weight excluding hydrogens is 174 g/mol. The molecule has 2 rings (SSSR count). The lowest BCUT2D eigenvalue weighted by Gasteiger charge is -2.27. The van der Waals surface area contributed by atoms with Crippen LogP contribution in [-0.2, 0) is 10.3 Å². The van der Waals surface area contributed by atoms with Gasteiger partial charge in [-0.3, -0.25) is 4.79 Å². The largest absolute Gasteiger partial charge is 0.315 e. The van der Waals surface area contributed by atoms with Gasteiger partial charge in [-0.15, -0.1) is 0 Å². The lowest BCUT2D eigenvalue weighted by molar-refractivity contribution is -0.119. The van der Waals surface area contributed by atoms with Crippen molar-refractivity contribution in [2.24, 2.45) is 5.73 Å². The van der Waals surface area contributed by atoms with Crippen LogP contribution in [0.4, 0.5) is 0 Å². The van der Waals surface area contributed by atoms with Crippen LogP contribution < -0.4 is 5.73 Å². The SMILES string of the molecule is Cc1ccc2c(c1)C=CC(=O)C2(C)N. The Kier molecular flexibility index (Phi) is 1.82. The van der Waals surface area contributed by atoms with Gasteiger partial charge in [0.15, 0.2) is 5.78 Å². The second-order valence-corrected chi connectivity index (χ2v) is 3.99. The lowest BCUT2D eigenvalue weighted by Crippen LogP contribution is -2.42. The third-order valence-corrected chi connectivity index (χ3v) is 2.69. The minimum absolute atomic E-state index is 0.0335. The molecule has 0 amide bonds. The number of carbonyl (C=O) groups is 1. The number of hydrogen-bond acceptors (Lipinski definition) is 2. The second-order valence-electron chi connectivity index (χ2n) is 3.99. The van der Waals surface area contributed by atoms with E-state index in [-0.39, 0.29) is 5.78 Å². The Morgan fingerprint density at radius 2 is 2.00 bits per heavy atom. The quantitative estimate of drug-likeness (QED) is 0.672. The van der Waals surface area contributed by atoms with E-state index in [4.69, 9.17) is 5.73 Å². The average molecular weight is 187 g/mol. The molecule has 0 radical (unpaired) electrons. The molecule has 72 valence electrons. The molecule has 2 nitrogen and oxygen atoms in total. The van der Waals surface area contributed by atoms with Gasteiger partial charge < -0.3 is 5.73 Å². The maximum atomic E-state index is 11.6. The van der Waals surface area contributed by atoms with Crippen molar-refractivity contribution in [1.29, 1.82) is 0 Å². The van der Waals surface area contributed by atoms with Crippen LogP contribution in [0.1, 0.15) is 23.6 Å². The van der Waals surface area contributed by atoms with E-state index < -0.39 is 5.54 Å². The maximum absolute atomic E-state index is 11.6. The first kappa shape index (κ1) is 9.16. The Balaban J connectivity index is 2.67. The third-order valence-electron chi connectivity index (χ3n) is 2.69. The van der Waals surface area contributed by atoms with Crippen LogP contribution in [0.2, 0.25) is 0 Å². The van der Waals surface area contributed by atoms with Crippen molar-refractivity contribution in [2.75, 3.05) is 0 Å². The smallest absolute Gasteiger partial charge is 0.179 e. The van der Waals surface area contributed by atoms with Gasteiger partial charge in [-0.1, -0.05) is 29.8 Å². The van der Waals surface area contributed by atoms with Gasteiger partial charge in [0.25, 0.3) is 0 Å². The van der Waals surface area contributed by atoms with Crippen molar-refractivity contribution in [3.63, 3.8) is 0 Å². The van der Waals surface area contributed by atoms with Gasteiger partial charge in [0.1, 0.15) is 5.54 Å². The molecule has 0 aromatic heterocycles. The summed E-state index contributed by atoms with van der Waals surface area (Å²) in [5.74, 6) is -0.0335. The molecule has 0 aliphatic heterocycles. The van der Waals surface area contributed by atoms with Crippen molar-refractivity contribution in [1.82, 2.24) is 0 Å². The monoisotopic (exact) mass is 187 g/mol. The zero-order chi connectivity index (χ0) is 10.3. The van der Waals surface area contributed by atoms with Gasteiger partial charge >= 0.3 is 0 Å². The molecule has 2 heteroatoms. The minimum Gasteiger partial charge on any atom is -0.315 e. The number of aryl methyl sites for hydroxylation is 1. The molecule has 1 aliphatic carbocycles. The highest BCUT2D eigenvalue weighted by Crippen LogP contribution is 2.29. The summed E-state index contributed by atoms with van der Waals surface area (Å²) >= 11 is 0. The Labute approximate surface area is 83.4 Å². The molecule has 0 spiro atoms. The summed E-state index contributed by atoms with van der Waals surface area (Å²) in [7, 11) is 0. The number of nitrogens with two attached hydrogens (primary N) is 1. The van der Waals surface area contributed by atoms with Crippen molar-refractivity contribution >= 4 is 11.9 Å². The fourth-order valence-electron chi connectivity index (χ4n) is 1.76. The highest BCUT2D eigenvalue weighted by atomic mass is 16.1. The summed E-state index contributed by atoms with van der Waals surface area (Å²) in [5.41, 5.74) is 8.26. The van der Waals surface area contributed by atoms with E-state index in [0.29, 0.717) is 0 Å². The zero-order valence-electron chi connectivity index (χ0n) is 8.37. The third kappa shape index (κ3) is 1.19. The summed E-state index contributed by atoms with van der Waals surface area (Å²) in [6.45, 7) is 3.78. The van der Waals surface area contributed by atoms with Gasteiger partial charge in [0, 0.05) is 0 Å². The molecule has 0 fully saturated rings. The van der Waals surface area contributed by atoms with E-state index in [1.54, 1.807) is 13.0 Å². The first-order valence-corrected chi connectivity index (χ1v) is 4.64. The predicted molar refractivity (Wildman–Crippen MR) is 56.8 cm³/mol. The normalized spacial score (nSPS) is 24.9. The first-order chi connectivity index (χ1) is 6.51. The van der Waals surface area contributed by atoms with E-state index in [0.717, 1.165) is 11.1 Å². The molecule has 0 saturated carbocycles. The molecule has 0 saturated heterocycles. The van der Waals surface area contributed by atoms with E-state index in [1.807, 2.05) is 31.2 Å². The standard InChI is InChI=1S/C12H13NO/c1-8-3-5-10-9(7-8)4-6-11(14)12(10,2)13/h3-7H,13H2,1-2H3. The fraction of sp³-hybridized carbons (Fsp3) is 0.250. The zero-order valence-corrected chi connectivity index (χ0v) is 8.37. The molecule has 1 unspecified atom stereocenters. The molecule has 1 aliphatic rings. The number of fused-ring (bicyclic) bond motifs is 1. The molecule has 0 heterocycles. The predicted octanol–water partition coefficient (Wildman–Crippen LogP) is 1.76. The molecule has 1 atom stereocenters. The lowest BCUT2D eigenvalue weighted by atomic mass is 9.81. The molecule has 2 N–H and O–H groups in total. The van der Waals surface area contributed by atoms with Crippen molar-refractivity contribution in [3.05, 3.63) is 41.0 Å². The Hall–Kier alpha value is -1.41. The molecule has 14 heavy (non-hydrogen) atoms. The Morgan fingerprint density at radius 1 is 1.29 bits per heavy atom. The first-order valence-electron chi connectivity index (χ1n) is 4.64. The molecule has 1 aromatic carbocycles. The number of carbonyl (C=O) groups excluding carboxylic acids is 1. The van der Waals surface area contributed by atoms with Gasteiger partial charge in [-0.2, -0.15) is 0 Å². The van der Waals surface area contributed by atoms with Gasteiger partial charge in [-0.05, 0) is 31.1 Å². The van der Waals surface area contributed by atoms with E-state index in [2.05, 4.69) is 0 Å². The average Bonchev–Trinajstić information content (AvgIpc) is 2.12. The van der Waals surface area contributed by atoms with Crippen molar-refractivity contribution in [3.8, 4) is 0 Å². The van der Waals surface area contributed by atoms with Crippen LogP contribution in [0.25, 0.3) is 6.08 Å². The number of benzene rings is 1. The second kappa shape index (κ2) is 2.79. The van der Waals surface area contributed by atoms with Gasteiger partial charge in [0.05, 0.1) is 0 Å². The van der Waals surface area contributed by atoms with E-state index in [1.165, 1.54) is 5.56 Å². The molecule has 0 bridgehead atoms. The number of rotatable bonds is 0. The van der Waals surface area contributed by atoms with Crippen molar-refractivity contribution < 1.29 is 4.79 Å². The van der Waals surface area contributed by atoms with Gasteiger partial charge in [-0.25, -0.2) is 0 Å². The van der Waals surface area contributed by atoms with E-state index >= 15 is 0 Å². The Bertz CT molecular complexity index is 430. The number of hydrogen-bond donors (Lipinski definition) is 1. The maximum Gasteiger partial charge on any atom is 0.179 e. The van der Waals surface area contributed by atoms with Crippen LogP contribution >= 0.6 is 0 Å². The van der Waals surface area contributed by atoms with Crippen LogP contribution in [0.15, 0.2) is 24.3 Å². The Morgan fingerprint density at radius 3 is 2.71 bits per heavy atom. The highest BCUT2D eigenvalue weighted by molar-refractivity contribution is 6.04. The van der Waals surface area contributed by atoms with Crippen LogP contribution in [0.5, 0.6) is 0 Å². The molecule has 1 aromatic rings. The van der Waals surface area contributed by atoms with Crippen LogP contribution in [0.3, 0.4) is 0 Å². The topological polar surface area (TPSA) is 43.1 Å². The summed E-state index contributed by atoms with van der Waals surface area (Å²) in [4.78, 5) is 11.6. The van der Waals surface area contributed by atoms with E-state index in [9.17, 15) is 4.79 Å². The summed E-state index contributed by atoms with van der Waals surface area (Å²) in [6, 6.07) is 5.96.